The molecule has 0 radical (unpaired) electrons. The molecule has 1 aromatic carbocycles. The van der Waals surface area contributed by atoms with Gasteiger partial charge < -0.3 is 5.32 Å². The third-order valence-electron chi connectivity index (χ3n) is 3.32. The zero-order chi connectivity index (χ0) is 13.8. The van der Waals surface area contributed by atoms with Crippen LogP contribution in [0.3, 0.4) is 0 Å². The fraction of sp³-hybridized carbons (Fsp3) is 0.538. The minimum Gasteiger partial charge on any atom is -0.314 e. The van der Waals surface area contributed by atoms with Crippen molar-refractivity contribution < 1.29 is 8.78 Å². The van der Waals surface area contributed by atoms with Crippen LogP contribution in [0.1, 0.15) is 18.0 Å². The third kappa shape index (κ3) is 4.81. The molecule has 0 aliphatic carbocycles. The Morgan fingerprint density at radius 1 is 1.30 bits per heavy atom. The average molecular weight is 390 g/mol. The van der Waals surface area contributed by atoms with Gasteiger partial charge in [0.15, 0.2) is 0 Å². The van der Waals surface area contributed by atoms with E-state index in [4.69, 9.17) is 11.6 Å². The zero-order valence-corrected chi connectivity index (χ0v) is 13.9. The van der Waals surface area contributed by atoms with Gasteiger partial charge in [-0.05, 0) is 17.7 Å². The second-order valence-corrected chi connectivity index (χ2v) is 5.89. The van der Waals surface area contributed by atoms with Crippen molar-refractivity contribution in [2.45, 2.75) is 18.9 Å². The lowest BCUT2D eigenvalue weighted by Crippen LogP contribution is -2.45. The molecule has 1 aliphatic rings. The standard InChI is InChI=1S/C13H16BrClF2N2.ClH/c14-11-7-9(15)1-2-10(11)12(8-13(16)17)19-5-3-18-4-6-19;/h1-2,7,12-13,18H,3-6,8H2;1H/t12-;/m1./s1. The third-order valence-corrected chi connectivity index (χ3v) is 4.24. The number of alkyl halides is 2. The Morgan fingerprint density at radius 2 is 1.95 bits per heavy atom. The van der Waals surface area contributed by atoms with E-state index in [2.05, 4.69) is 26.1 Å². The fourth-order valence-corrected chi connectivity index (χ4v) is 3.35. The molecule has 2 nitrogen and oxygen atoms in total. The van der Waals surface area contributed by atoms with Crippen LogP contribution >= 0.6 is 39.9 Å². The number of halogens is 5. The highest BCUT2D eigenvalue weighted by Gasteiger charge is 2.26. The molecular formula is C13H17BrCl2F2N2. The molecule has 1 fully saturated rings. The molecule has 0 unspecified atom stereocenters. The smallest absolute Gasteiger partial charge is 0.240 e. The maximum atomic E-state index is 12.9. The van der Waals surface area contributed by atoms with Crippen molar-refractivity contribution in [2.75, 3.05) is 26.2 Å². The summed E-state index contributed by atoms with van der Waals surface area (Å²) in [6.07, 6.45) is -2.47. The first-order valence-corrected chi connectivity index (χ1v) is 7.43. The first kappa shape index (κ1) is 18.1. The molecule has 7 heteroatoms. The highest BCUT2D eigenvalue weighted by atomic mass is 79.9. The van der Waals surface area contributed by atoms with Crippen molar-refractivity contribution in [3.05, 3.63) is 33.3 Å². The summed E-state index contributed by atoms with van der Waals surface area (Å²) in [5, 5.41) is 3.84. The lowest BCUT2D eigenvalue weighted by Gasteiger charge is -2.35. The Bertz CT molecular complexity index is 429. The van der Waals surface area contributed by atoms with Gasteiger partial charge in [-0.3, -0.25) is 4.90 Å². The van der Waals surface area contributed by atoms with Crippen molar-refractivity contribution >= 4 is 39.9 Å². The van der Waals surface area contributed by atoms with E-state index >= 15 is 0 Å². The van der Waals surface area contributed by atoms with Gasteiger partial charge >= 0.3 is 0 Å². The predicted octanol–water partition coefficient (Wildman–Crippen LogP) is 4.13. The van der Waals surface area contributed by atoms with Gasteiger partial charge in [0.2, 0.25) is 6.43 Å². The van der Waals surface area contributed by atoms with Gasteiger partial charge in [0.05, 0.1) is 0 Å². The van der Waals surface area contributed by atoms with Crippen molar-refractivity contribution in [3.8, 4) is 0 Å². The summed E-state index contributed by atoms with van der Waals surface area (Å²) < 4.78 is 26.5. The van der Waals surface area contributed by atoms with Gasteiger partial charge in [-0.15, -0.1) is 12.4 Å². The van der Waals surface area contributed by atoms with E-state index < -0.39 is 6.43 Å². The number of rotatable bonds is 4. The van der Waals surface area contributed by atoms with Crippen LogP contribution in [-0.4, -0.2) is 37.5 Å². The molecule has 0 bridgehead atoms. The normalized spacial score (nSPS) is 17.9. The average Bonchev–Trinajstić information content (AvgIpc) is 2.37. The summed E-state index contributed by atoms with van der Waals surface area (Å²) in [6, 6.07) is 5.08. The molecule has 1 heterocycles. The van der Waals surface area contributed by atoms with Gasteiger partial charge in [-0.2, -0.15) is 0 Å². The summed E-state index contributed by atoms with van der Waals surface area (Å²) in [6.45, 7) is 3.24. The van der Waals surface area contributed by atoms with Crippen LogP contribution in [0, 0.1) is 0 Å². The van der Waals surface area contributed by atoms with E-state index in [9.17, 15) is 8.78 Å². The molecule has 2 rings (SSSR count). The molecule has 1 aromatic rings. The van der Waals surface area contributed by atoms with E-state index in [0.29, 0.717) is 5.02 Å². The van der Waals surface area contributed by atoms with Gasteiger partial charge in [0.1, 0.15) is 0 Å². The van der Waals surface area contributed by atoms with Gasteiger partial charge in [-0.1, -0.05) is 33.6 Å². The zero-order valence-electron chi connectivity index (χ0n) is 10.8. The lowest BCUT2D eigenvalue weighted by atomic mass is 10.0. The van der Waals surface area contributed by atoms with E-state index in [1.54, 1.807) is 12.1 Å². The lowest BCUT2D eigenvalue weighted by molar-refractivity contribution is 0.0736. The van der Waals surface area contributed by atoms with Crippen LogP contribution in [-0.2, 0) is 0 Å². The molecule has 1 aliphatic heterocycles. The molecule has 0 aromatic heterocycles. The van der Waals surface area contributed by atoms with Crippen LogP contribution in [0.25, 0.3) is 0 Å². The second kappa shape index (κ2) is 8.49. The quantitative estimate of drug-likeness (QED) is 0.832. The van der Waals surface area contributed by atoms with E-state index in [0.717, 1.165) is 36.2 Å². The Balaban J connectivity index is 0.00000200. The largest absolute Gasteiger partial charge is 0.314 e. The molecular weight excluding hydrogens is 373 g/mol. The Labute approximate surface area is 137 Å². The minimum atomic E-state index is -2.32. The topological polar surface area (TPSA) is 15.3 Å². The minimum absolute atomic E-state index is 0. The molecule has 0 amide bonds. The first-order valence-electron chi connectivity index (χ1n) is 6.26. The molecule has 1 N–H and O–H groups in total. The highest BCUT2D eigenvalue weighted by molar-refractivity contribution is 9.10. The van der Waals surface area contributed by atoms with Crippen molar-refractivity contribution in [3.63, 3.8) is 0 Å². The van der Waals surface area contributed by atoms with Gasteiger partial charge in [0, 0.05) is 48.1 Å². The number of piperazine rings is 1. The number of benzene rings is 1. The van der Waals surface area contributed by atoms with E-state index in [1.807, 2.05) is 6.07 Å². The van der Waals surface area contributed by atoms with Crippen LogP contribution < -0.4 is 5.32 Å². The molecule has 114 valence electrons. The first-order chi connectivity index (χ1) is 9.08. The van der Waals surface area contributed by atoms with Gasteiger partial charge in [0.25, 0.3) is 0 Å². The highest BCUT2D eigenvalue weighted by Crippen LogP contribution is 2.34. The fourth-order valence-electron chi connectivity index (χ4n) is 2.41. The summed E-state index contributed by atoms with van der Waals surface area (Å²) in [5.74, 6) is 0. The number of hydrogen-bond donors (Lipinski definition) is 1. The SMILES string of the molecule is Cl.FC(F)C[C@H](c1ccc(Cl)cc1Br)N1CCNCC1. The summed E-state index contributed by atoms with van der Waals surface area (Å²) in [7, 11) is 0. The van der Waals surface area contributed by atoms with Crippen LogP contribution in [0.4, 0.5) is 8.78 Å². The molecule has 0 spiro atoms. The maximum Gasteiger partial charge on any atom is 0.240 e. The molecule has 1 atom stereocenters. The second-order valence-electron chi connectivity index (χ2n) is 4.59. The monoisotopic (exact) mass is 388 g/mol. The predicted molar refractivity (Wildman–Crippen MR) is 84.2 cm³/mol. The number of nitrogens with zero attached hydrogens (tertiary/aromatic N) is 1. The number of hydrogen-bond acceptors (Lipinski definition) is 2. The van der Waals surface area contributed by atoms with Crippen molar-refractivity contribution in [1.82, 2.24) is 10.2 Å². The van der Waals surface area contributed by atoms with Gasteiger partial charge in [-0.25, -0.2) is 8.78 Å². The maximum absolute atomic E-state index is 12.9. The van der Waals surface area contributed by atoms with Crippen molar-refractivity contribution in [1.29, 1.82) is 0 Å². The molecule has 20 heavy (non-hydrogen) atoms. The summed E-state index contributed by atoms with van der Waals surface area (Å²) in [4.78, 5) is 2.11. The van der Waals surface area contributed by atoms with Crippen LogP contribution in [0.15, 0.2) is 22.7 Å². The van der Waals surface area contributed by atoms with E-state index in [-0.39, 0.29) is 24.9 Å². The number of nitrogens with one attached hydrogen (secondary N) is 1. The summed E-state index contributed by atoms with van der Waals surface area (Å²) in [5.41, 5.74) is 0.881. The summed E-state index contributed by atoms with van der Waals surface area (Å²) >= 11 is 9.34. The van der Waals surface area contributed by atoms with Crippen LogP contribution in [0.5, 0.6) is 0 Å². The van der Waals surface area contributed by atoms with E-state index in [1.165, 1.54) is 0 Å². The Hall–Kier alpha value is 0.0600. The van der Waals surface area contributed by atoms with Crippen LogP contribution in [0.2, 0.25) is 5.02 Å². The Kier molecular flexibility index (Phi) is 7.69. The molecule has 1 saturated heterocycles. The van der Waals surface area contributed by atoms with Crippen molar-refractivity contribution in [2.24, 2.45) is 0 Å². The molecule has 0 saturated carbocycles. The Morgan fingerprint density at radius 3 is 2.50 bits per heavy atom.